The van der Waals surface area contributed by atoms with E-state index in [0.29, 0.717) is 12.0 Å². The van der Waals surface area contributed by atoms with Gasteiger partial charge in [-0.1, -0.05) is 13.8 Å². The number of hydrogen-bond donors (Lipinski definition) is 1. The lowest BCUT2D eigenvalue weighted by Crippen LogP contribution is -2.36. The lowest BCUT2D eigenvalue weighted by Gasteiger charge is -2.25. The van der Waals surface area contributed by atoms with Crippen molar-refractivity contribution in [2.45, 2.75) is 63.9 Å². The molecular formula is C15H30N2O2. The van der Waals surface area contributed by atoms with E-state index in [1.54, 1.807) is 0 Å². The van der Waals surface area contributed by atoms with Crippen LogP contribution in [-0.2, 0) is 9.47 Å². The number of hydrogen-bond acceptors (Lipinski definition) is 4. The highest BCUT2D eigenvalue weighted by Crippen LogP contribution is 2.39. The zero-order valence-electron chi connectivity index (χ0n) is 12.7. The van der Waals surface area contributed by atoms with Crippen molar-refractivity contribution in [3.8, 4) is 0 Å². The van der Waals surface area contributed by atoms with Crippen LogP contribution in [0.3, 0.4) is 0 Å². The maximum atomic E-state index is 6.14. The van der Waals surface area contributed by atoms with Gasteiger partial charge >= 0.3 is 0 Å². The summed E-state index contributed by atoms with van der Waals surface area (Å²) in [6.07, 6.45) is 5.92. The number of rotatable bonds is 6. The SMILES string of the molecule is CC(C)C(N)CCN(C)CC1COC2(CCCC2)O1. The molecule has 0 aromatic carbocycles. The van der Waals surface area contributed by atoms with E-state index in [1.807, 2.05) is 0 Å². The van der Waals surface area contributed by atoms with Crippen molar-refractivity contribution < 1.29 is 9.47 Å². The molecule has 4 heteroatoms. The van der Waals surface area contributed by atoms with Gasteiger partial charge in [0.2, 0.25) is 0 Å². The van der Waals surface area contributed by atoms with Crippen LogP contribution in [0.15, 0.2) is 0 Å². The van der Waals surface area contributed by atoms with Crippen molar-refractivity contribution in [1.29, 1.82) is 0 Å². The minimum Gasteiger partial charge on any atom is -0.347 e. The lowest BCUT2D eigenvalue weighted by molar-refractivity contribution is -0.163. The first-order valence-electron chi connectivity index (χ1n) is 7.77. The standard InChI is InChI=1S/C15H30N2O2/c1-12(2)14(16)6-9-17(3)10-13-11-18-15(19-13)7-4-5-8-15/h12-14H,4-11,16H2,1-3H3. The predicted molar refractivity (Wildman–Crippen MR) is 77.0 cm³/mol. The highest BCUT2D eigenvalue weighted by atomic mass is 16.7. The molecule has 2 atom stereocenters. The van der Waals surface area contributed by atoms with Crippen LogP contribution < -0.4 is 5.73 Å². The molecule has 4 nitrogen and oxygen atoms in total. The van der Waals surface area contributed by atoms with E-state index < -0.39 is 0 Å². The van der Waals surface area contributed by atoms with Gasteiger partial charge in [-0.2, -0.15) is 0 Å². The Labute approximate surface area is 117 Å². The second-order valence-corrected chi connectivity index (χ2v) is 6.63. The fourth-order valence-corrected chi connectivity index (χ4v) is 3.02. The molecule has 0 bridgehead atoms. The molecule has 1 spiro atoms. The van der Waals surface area contributed by atoms with Crippen LogP contribution in [0.1, 0.15) is 46.0 Å². The molecule has 0 amide bonds. The Bertz CT molecular complexity index is 277. The molecule has 2 N–H and O–H groups in total. The maximum absolute atomic E-state index is 6.14. The van der Waals surface area contributed by atoms with Crippen LogP contribution in [0.2, 0.25) is 0 Å². The smallest absolute Gasteiger partial charge is 0.168 e. The Morgan fingerprint density at radius 2 is 2.00 bits per heavy atom. The fourth-order valence-electron chi connectivity index (χ4n) is 3.02. The van der Waals surface area contributed by atoms with Crippen LogP contribution >= 0.6 is 0 Å². The normalized spacial score (nSPS) is 27.8. The van der Waals surface area contributed by atoms with Gasteiger partial charge in [-0.3, -0.25) is 0 Å². The average Bonchev–Trinajstić information content (AvgIpc) is 2.97. The quantitative estimate of drug-likeness (QED) is 0.802. The summed E-state index contributed by atoms with van der Waals surface area (Å²) in [6.45, 7) is 7.10. The minimum atomic E-state index is -0.222. The van der Waals surface area contributed by atoms with E-state index in [-0.39, 0.29) is 11.9 Å². The largest absolute Gasteiger partial charge is 0.347 e. The molecule has 2 aliphatic rings. The van der Waals surface area contributed by atoms with Gasteiger partial charge in [0.1, 0.15) is 0 Å². The predicted octanol–water partition coefficient (Wildman–Crippen LogP) is 1.98. The Morgan fingerprint density at radius 3 is 2.63 bits per heavy atom. The van der Waals surface area contributed by atoms with E-state index in [9.17, 15) is 0 Å². The molecule has 0 aromatic heterocycles. The Kier molecular flexibility index (Phi) is 5.23. The second-order valence-electron chi connectivity index (χ2n) is 6.63. The summed E-state index contributed by atoms with van der Waals surface area (Å²) in [5.74, 6) is 0.334. The molecule has 112 valence electrons. The molecule has 0 radical (unpaired) electrons. The van der Waals surface area contributed by atoms with Gasteiger partial charge in [-0.25, -0.2) is 0 Å². The molecule has 1 saturated heterocycles. The van der Waals surface area contributed by atoms with Crippen LogP contribution in [-0.4, -0.2) is 49.6 Å². The van der Waals surface area contributed by atoms with E-state index in [4.69, 9.17) is 15.2 Å². The Hall–Kier alpha value is -0.160. The first-order chi connectivity index (χ1) is 9.01. The van der Waals surface area contributed by atoms with Gasteiger partial charge in [0, 0.05) is 25.4 Å². The first kappa shape index (κ1) is 15.2. The molecule has 2 unspecified atom stereocenters. The van der Waals surface area contributed by atoms with E-state index in [2.05, 4.69) is 25.8 Å². The molecule has 1 heterocycles. The molecular weight excluding hydrogens is 240 g/mol. The van der Waals surface area contributed by atoms with Crippen molar-refractivity contribution in [2.75, 3.05) is 26.7 Å². The van der Waals surface area contributed by atoms with Crippen LogP contribution in [0.25, 0.3) is 0 Å². The number of nitrogens with two attached hydrogens (primary N) is 1. The molecule has 2 fully saturated rings. The molecule has 1 aliphatic carbocycles. The number of likely N-dealkylation sites (N-methyl/N-ethyl adjacent to an activating group) is 1. The van der Waals surface area contributed by atoms with Crippen LogP contribution in [0, 0.1) is 5.92 Å². The van der Waals surface area contributed by atoms with Gasteiger partial charge in [-0.15, -0.1) is 0 Å². The van der Waals surface area contributed by atoms with Crippen molar-refractivity contribution in [2.24, 2.45) is 11.7 Å². The van der Waals surface area contributed by atoms with Crippen molar-refractivity contribution in [3.63, 3.8) is 0 Å². The summed E-state index contributed by atoms with van der Waals surface area (Å²) in [7, 11) is 2.15. The molecule has 1 aliphatic heterocycles. The summed E-state index contributed by atoms with van der Waals surface area (Å²) in [5, 5.41) is 0. The fraction of sp³-hybridized carbons (Fsp3) is 1.00. The topological polar surface area (TPSA) is 47.7 Å². The lowest BCUT2D eigenvalue weighted by atomic mass is 10.0. The highest BCUT2D eigenvalue weighted by Gasteiger charge is 2.43. The Morgan fingerprint density at radius 1 is 1.32 bits per heavy atom. The number of nitrogens with zero attached hydrogens (tertiary/aromatic N) is 1. The summed E-state index contributed by atoms with van der Waals surface area (Å²) in [6, 6.07) is 0.296. The van der Waals surface area contributed by atoms with E-state index in [0.717, 1.165) is 39.0 Å². The van der Waals surface area contributed by atoms with Gasteiger partial charge in [-0.05, 0) is 38.8 Å². The maximum Gasteiger partial charge on any atom is 0.168 e. The average molecular weight is 270 g/mol. The second kappa shape index (κ2) is 6.53. The molecule has 1 saturated carbocycles. The first-order valence-corrected chi connectivity index (χ1v) is 7.77. The van der Waals surface area contributed by atoms with Crippen LogP contribution in [0.4, 0.5) is 0 Å². The van der Waals surface area contributed by atoms with Gasteiger partial charge in [0.25, 0.3) is 0 Å². The van der Waals surface area contributed by atoms with Crippen LogP contribution in [0.5, 0.6) is 0 Å². The van der Waals surface area contributed by atoms with Gasteiger partial charge in [0.15, 0.2) is 5.79 Å². The van der Waals surface area contributed by atoms with Crippen molar-refractivity contribution >= 4 is 0 Å². The third-order valence-electron chi connectivity index (χ3n) is 4.49. The molecule has 2 rings (SSSR count). The third kappa shape index (κ3) is 4.15. The molecule has 0 aromatic rings. The highest BCUT2D eigenvalue weighted by molar-refractivity contribution is 4.85. The summed E-state index contributed by atoms with van der Waals surface area (Å²) >= 11 is 0. The molecule has 19 heavy (non-hydrogen) atoms. The number of ether oxygens (including phenoxy) is 2. The van der Waals surface area contributed by atoms with Gasteiger partial charge < -0.3 is 20.1 Å². The summed E-state index contributed by atoms with van der Waals surface area (Å²) in [4.78, 5) is 2.32. The van der Waals surface area contributed by atoms with E-state index in [1.165, 1.54) is 12.8 Å². The third-order valence-corrected chi connectivity index (χ3v) is 4.49. The van der Waals surface area contributed by atoms with Crippen molar-refractivity contribution in [1.82, 2.24) is 4.90 Å². The van der Waals surface area contributed by atoms with Crippen molar-refractivity contribution in [3.05, 3.63) is 0 Å². The summed E-state index contributed by atoms with van der Waals surface area (Å²) in [5.41, 5.74) is 6.08. The van der Waals surface area contributed by atoms with E-state index >= 15 is 0 Å². The zero-order chi connectivity index (χ0) is 13.9. The minimum absolute atomic E-state index is 0.222. The Balaban J connectivity index is 1.67. The summed E-state index contributed by atoms with van der Waals surface area (Å²) < 4.78 is 12.0. The zero-order valence-corrected chi connectivity index (χ0v) is 12.7. The monoisotopic (exact) mass is 270 g/mol. The van der Waals surface area contributed by atoms with Gasteiger partial charge in [0.05, 0.1) is 12.7 Å².